The van der Waals surface area contributed by atoms with Crippen molar-refractivity contribution >= 4 is 18.0 Å². The summed E-state index contributed by atoms with van der Waals surface area (Å²) >= 11 is 0. The molecular weight excluding hydrogens is 436 g/mol. The van der Waals surface area contributed by atoms with Crippen LogP contribution in [0.2, 0.25) is 0 Å². The molecule has 2 amide bonds. The van der Waals surface area contributed by atoms with Gasteiger partial charge in [0.15, 0.2) is 6.10 Å². The Morgan fingerprint density at radius 1 is 0.971 bits per heavy atom. The summed E-state index contributed by atoms with van der Waals surface area (Å²) in [6, 6.07) is 15.8. The highest BCUT2D eigenvalue weighted by molar-refractivity contribution is 5.80. The molecule has 0 aliphatic heterocycles. The minimum absolute atomic E-state index is 0.00119. The topological polar surface area (TPSA) is 125 Å². The molecule has 8 nitrogen and oxygen atoms in total. The number of carbonyl (C=O) groups is 3. The Labute approximate surface area is 198 Å². The zero-order valence-corrected chi connectivity index (χ0v) is 18.9. The lowest BCUT2D eigenvalue weighted by Crippen LogP contribution is -2.45. The maximum atomic E-state index is 12.7. The number of carboxylic acids is 1. The summed E-state index contributed by atoms with van der Waals surface area (Å²) in [4.78, 5) is 35.8. The van der Waals surface area contributed by atoms with E-state index < -0.39 is 30.1 Å². The van der Waals surface area contributed by atoms with E-state index in [9.17, 15) is 19.5 Å². The Morgan fingerprint density at radius 2 is 1.56 bits per heavy atom. The van der Waals surface area contributed by atoms with E-state index in [1.807, 2.05) is 24.3 Å². The number of aliphatic hydroxyl groups excluding tert-OH is 1. The van der Waals surface area contributed by atoms with Gasteiger partial charge in [-0.25, -0.2) is 9.59 Å². The smallest absolute Gasteiger partial charge is 0.407 e. The van der Waals surface area contributed by atoms with E-state index in [1.165, 1.54) is 0 Å². The number of fused-ring (bicyclic) bond motifs is 3. The molecule has 2 aromatic carbocycles. The van der Waals surface area contributed by atoms with Gasteiger partial charge in [0.2, 0.25) is 5.91 Å². The summed E-state index contributed by atoms with van der Waals surface area (Å²) in [7, 11) is 0. The minimum atomic E-state index is -1.66. The maximum absolute atomic E-state index is 12.7. The van der Waals surface area contributed by atoms with E-state index >= 15 is 0 Å². The van der Waals surface area contributed by atoms with E-state index in [-0.39, 0.29) is 31.4 Å². The second kappa shape index (κ2) is 10.7. The summed E-state index contributed by atoms with van der Waals surface area (Å²) < 4.78 is 5.64. The van der Waals surface area contributed by atoms with Crippen molar-refractivity contribution in [3.8, 4) is 11.1 Å². The van der Waals surface area contributed by atoms with E-state index in [4.69, 9.17) is 9.84 Å². The second-order valence-corrected chi connectivity index (χ2v) is 8.98. The fraction of sp³-hybridized carbons (Fsp3) is 0.423. The average Bonchev–Trinajstić information content (AvgIpc) is 3.48. The number of aliphatic hydroxyl groups is 1. The average molecular weight is 467 g/mol. The van der Waals surface area contributed by atoms with Crippen LogP contribution in [0.1, 0.15) is 49.1 Å². The standard InChI is InChI=1S/C26H30N2O6/c29-23(25(31)32)14-27-24(30)13-22(16-7-1-2-8-16)28-26(33)34-15-21-19-11-5-3-9-17(19)18-10-4-6-12-20(18)21/h3-6,9-12,16,21-23,29H,1-2,7-8,13-15H2,(H,27,30)(H,28,33)(H,31,32)/t22?,23-/m0/s1. The normalized spacial score (nSPS) is 16.9. The molecule has 34 heavy (non-hydrogen) atoms. The Hall–Kier alpha value is -3.39. The number of carboxylic acid groups (broad SMARTS) is 1. The number of ether oxygens (including phenoxy) is 1. The maximum Gasteiger partial charge on any atom is 0.407 e. The van der Waals surface area contributed by atoms with Gasteiger partial charge >= 0.3 is 12.1 Å². The first-order chi connectivity index (χ1) is 16.4. The number of aliphatic carboxylic acids is 1. The fourth-order valence-corrected chi connectivity index (χ4v) is 5.06. The molecular formula is C26H30N2O6. The molecule has 1 fully saturated rings. The van der Waals surface area contributed by atoms with E-state index in [0.717, 1.165) is 47.9 Å². The molecule has 0 heterocycles. The monoisotopic (exact) mass is 466 g/mol. The van der Waals surface area contributed by atoms with Gasteiger partial charge in [-0.3, -0.25) is 4.79 Å². The van der Waals surface area contributed by atoms with Crippen LogP contribution < -0.4 is 10.6 Å². The number of alkyl carbamates (subject to hydrolysis) is 1. The van der Waals surface area contributed by atoms with Gasteiger partial charge in [0.05, 0.1) is 6.54 Å². The quantitative estimate of drug-likeness (QED) is 0.450. The van der Waals surface area contributed by atoms with Crippen molar-refractivity contribution in [2.24, 2.45) is 5.92 Å². The van der Waals surface area contributed by atoms with Crippen LogP contribution in [0.5, 0.6) is 0 Å². The highest BCUT2D eigenvalue weighted by Crippen LogP contribution is 2.44. The van der Waals surface area contributed by atoms with Gasteiger partial charge in [-0.05, 0) is 41.0 Å². The predicted octanol–water partition coefficient (Wildman–Crippen LogP) is 3.04. The Morgan fingerprint density at radius 3 is 2.15 bits per heavy atom. The molecule has 2 aromatic rings. The molecule has 2 atom stereocenters. The molecule has 0 aromatic heterocycles. The zero-order chi connectivity index (χ0) is 24.1. The van der Waals surface area contributed by atoms with Crippen LogP contribution in [0.3, 0.4) is 0 Å². The van der Waals surface area contributed by atoms with Gasteiger partial charge < -0.3 is 25.6 Å². The molecule has 2 aliphatic rings. The lowest BCUT2D eigenvalue weighted by molar-refractivity contribution is -0.146. The first kappa shape index (κ1) is 23.8. The van der Waals surface area contributed by atoms with Crippen LogP contribution in [0.15, 0.2) is 48.5 Å². The number of rotatable bonds is 9. The van der Waals surface area contributed by atoms with Crippen LogP contribution in [0.25, 0.3) is 11.1 Å². The highest BCUT2D eigenvalue weighted by Gasteiger charge is 2.31. The largest absolute Gasteiger partial charge is 0.479 e. The van der Waals surface area contributed by atoms with Crippen molar-refractivity contribution < 1.29 is 29.3 Å². The number of carbonyl (C=O) groups excluding carboxylic acids is 2. The lowest BCUT2D eigenvalue weighted by atomic mass is 9.95. The molecule has 4 rings (SSSR count). The van der Waals surface area contributed by atoms with Gasteiger partial charge in [0, 0.05) is 18.4 Å². The van der Waals surface area contributed by atoms with Crippen LogP contribution in [-0.4, -0.2) is 53.5 Å². The second-order valence-electron chi connectivity index (χ2n) is 8.98. The van der Waals surface area contributed by atoms with Crippen LogP contribution in [0, 0.1) is 5.92 Å². The summed E-state index contributed by atoms with van der Waals surface area (Å²) in [5, 5.41) is 23.4. The summed E-state index contributed by atoms with van der Waals surface area (Å²) in [6.07, 6.45) is 1.64. The highest BCUT2D eigenvalue weighted by atomic mass is 16.5. The molecule has 2 aliphatic carbocycles. The number of benzene rings is 2. The molecule has 1 saturated carbocycles. The Kier molecular flexibility index (Phi) is 7.47. The van der Waals surface area contributed by atoms with Crippen molar-refractivity contribution in [3.05, 3.63) is 59.7 Å². The van der Waals surface area contributed by atoms with Crippen molar-refractivity contribution in [1.82, 2.24) is 10.6 Å². The van der Waals surface area contributed by atoms with Crippen LogP contribution in [0.4, 0.5) is 4.79 Å². The number of hydrogen-bond donors (Lipinski definition) is 4. The van der Waals surface area contributed by atoms with Crippen molar-refractivity contribution in [3.63, 3.8) is 0 Å². The molecule has 1 unspecified atom stereocenters. The van der Waals surface area contributed by atoms with Crippen molar-refractivity contribution in [2.75, 3.05) is 13.2 Å². The molecule has 0 spiro atoms. The number of nitrogens with one attached hydrogen (secondary N) is 2. The third kappa shape index (κ3) is 5.39. The van der Waals surface area contributed by atoms with Gasteiger partial charge in [-0.15, -0.1) is 0 Å². The van der Waals surface area contributed by atoms with Crippen LogP contribution in [-0.2, 0) is 14.3 Å². The molecule has 180 valence electrons. The van der Waals surface area contributed by atoms with Crippen LogP contribution >= 0.6 is 0 Å². The Bertz CT molecular complexity index is 1000. The van der Waals surface area contributed by atoms with E-state index in [2.05, 4.69) is 34.9 Å². The number of amides is 2. The van der Waals surface area contributed by atoms with Gasteiger partial charge in [0.1, 0.15) is 6.61 Å². The first-order valence-electron chi connectivity index (χ1n) is 11.7. The summed E-state index contributed by atoms with van der Waals surface area (Å²) in [6.45, 7) is -0.190. The molecule has 0 saturated heterocycles. The van der Waals surface area contributed by atoms with Crippen molar-refractivity contribution in [1.29, 1.82) is 0 Å². The van der Waals surface area contributed by atoms with Crippen molar-refractivity contribution in [2.45, 2.75) is 50.2 Å². The summed E-state index contributed by atoms with van der Waals surface area (Å²) in [5.41, 5.74) is 4.55. The van der Waals surface area contributed by atoms with E-state index in [1.54, 1.807) is 0 Å². The van der Waals surface area contributed by atoms with Gasteiger partial charge in [-0.1, -0.05) is 61.4 Å². The third-order valence-corrected chi connectivity index (χ3v) is 6.80. The first-order valence-corrected chi connectivity index (χ1v) is 11.7. The fourth-order valence-electron chi connectivity index (χ4n) is 5.06. The SMILES string of the molecule is O=C(CC(NC(=O)OCC1c2ccccc2-c2ccccc21)C1CCCC1)NC[C@H](O)C(=O)O. The molecule has 8 heteroatoms. The lowest BCUT2D eigenvalue weighted by Gasteiger charge is -2.24. The molecule has 0 bridgehead atoms. The third-order valence-electron chi connectivity index (χ3n) is 6.80. The number of hydrogen-bond acceptors (Lipinski definition) is 5. The zero-order valence-electron chi connectivity index (χ0n) is 18.9. The molecule has 0 radical (unpaired) electrons. The molecule has 4 N–H and O–H groups in total. The Balaban J connectivity index is 1.37. The summed E-state index contributed by atoms with van der Waals surface area (Å²) in [5.74, 6) is -1.72. The van der Waals surface area contributed by atoms with E-state index in [0.29, 0.717) is 0 Å². The predicted molar refractivity (Wildman–Crippen MR) is 125 cm³/mol. The minimum Gasteiger partial charge on any atom is -0.479 e. The van der Waals surface area contributed by atoms with Gasteiger partial charge in [0.25, 0.3) is 0 Å². The van der Waals surface area contributed by atoms with Gasteiger partial charge in [-0.2, -0.15) is 0 Å².